The summed E-state index contributed by atoms with van der Waals surface area (Å²) < 4.78 is 9.60. The minimum atomic E-state index is -0.788. The summed E-state index contributed by atoms with van der Waals surface area (Å²) in [7, 11) is 2.87. The van der Waals surface area contributed by atoms with Crippen LogP contribution in [0.25, 0.3) is 0 Å². The van der Waals surface area contributed by atoms with Crippen molar-refractivity contribution in [1.29, 1.82) is 0 Å². The van der Waals surface area contributed by atoms with Crippen LogP contribution in [0.15, 0.2) is 18.3 Å². The largest absolute Gasteiger partial charge is 0.481 e. The maximum Gasteiger partial charge on any atom is 0.307 e. The van der Waals surface area contributed by atoms with Gasteiger partial charge in [-0.15, -0.1) is 0 Å². The van der Waals surface area contributed by atoms with Crippen molar-refractivity contribution in [3.05, 3.63) is 23.9 Å². The van der Waals surface area contributed by atoms with Crippen LogP contribution in [0.3, 0.4) is 0 Å². The highest BCUT2D eigenvalue weighted by molar-refractivity contribution is 5.71. The van der Waals surface area contributed by atoms with Crippen LogP contribution in [-0.2, 0) is 15.1 Å². The van der Waals surface area contributed by atoms with Gasteiger partial charge in [0.1, 0.15) is 0 Å². The monoisotopic (exact) mass is 224 g/mol. The Hall–Kier alpha value is -1.62. The number of esters is 1. The molecule has 1 aromatic heterocycles. The van der Waals surface area contributed by atoms with Crippen LogP contribution in [0.5, 0.6) is 5.88 Å². The van der Waals surface area contributed by atoms with E-state index in [1.165, 1.54) is 14.2 Å². The summed E-state index contributed by atoms with van der Waals surface area (Å²) in [5.74, 6) is 0.125. The van der Waals surface area contributed by atoms with Gasteiger partial charge >= 0.3 is 5.97 Å². The van der Waals surface area contributed by atoms with Gasteiger partial charge in [0.2, 0.25) is 5.88 Å². The fourth-order valence-electron chi connectivity index (χ4n) is 1.35. The molecule has 0 bridgehead atoms. The Labute approximate surface area is 94.6 Å². The predicted molar refractivity (Wildman–Crippen MR) is 59.0 cm³/mol. The summed E-state index contributed by atoms with van der Waals surface area (Å²) in [6.07, 6.45) is 1.70. The summed E-state index contributed by atoms with van der Waals surface area (Å²) in [6.45, 7) is 1.76. The van der Waals surface area contributed by atoms with Crippen molar-refractivity contribution in [2.75, 3.05) is 14.2 Å². The van der Waals surface area contributed by atoms with E-state index in [9.17, 15) is 4.79 Å². The van der Waals surface area contributed by atoms with Gasteiger partial charge in [-0.25, -0.2) is 4.98 Å². The van der Waals surface area contributed by atoms with Gasteiger partial charge < -0.3 is 15.2 Å². The molecule has 0 aliphatic rings. The van der Waals surface area contributed by atoms with Crippen molar-refractivity contribution in [3.63, 3.8) is 0 Å². The van der Waals surface area contributed by atoms with Crippen LogP contribution in [0.1, 0.15) is 18.9 Å². The van der Waals surface area contributed by atoms with E-state index in [0.717, 1.165) is 5.56 Å². The predicted octanol–water partition coefficient (Wildman–Crippen LogP) is 0.827. The standard InChI is InChI=1S/C11H16N2O3/c1-11(12,7-10(14)16-3)8-4-5-13-9(6-8)15-2/h4-6H,7,12H2,1-3H3/t11-/m0/s1. The second-order valence-corrected chi connectivity index (χ2v) is 3.76. The lowest BCUT2D eigenvalue weighted by Crippen LogP contribution is -2.36. The fourth-order valence-corrected chi connectivity index (χ4v) is 1.35. The molecule has 1 atom stereocenters. The number of carbonyl (C=O) groups excluding carboxylic acids is 1. The Morgan fingerprint density at radius 3 is 2.81 bits per heavy atom. The Bertz CT molecular complexity index is 377. The molecule has 0 aromatic carbocycles. The molecule has 1 heterocycles. The Kier molecular flexibility index (Phi) is 3.84. The SMILES string of the molecule is COC(=O)C[C@](C)(N)c1ccnc(OC)c1. The third-order valence-corrected chi connectivity index (χ3v) is 2.34. The van der Waals surface area contributed by atoms with E-state index in [4.69, 9.17) is 10.5 Å². The second kappa shape index (κ2) is 4.94. The van der Waals surface area contributed by atoms with Crippen molar-refractivity contribution >= 4 is 5.97 Å². The summed E-state index contributed by atoms with van der Waals surface area (Å²) in [5, 5.41) is 0. The van der Waals surface area contributed by atoms with E-state index < -0.39 is 5.54 Å². The zero-order valence-electron chi connectivity index (χ0n) is 9.69. The molecule has 2 N–H and O–H groups in total. The Morgan fingerprint density at radius 1 is 1.56 bits per heavy atom. The van der Waals surface area contributed by atoms with Crippen molar-refractivity contribution in [2.45, 2.75) is 18.9 Å². The highest BCUT2D eigenvalue weighted by Crippen LogP contribution is 2.24. The summed E-state index contributed by atoms with van der Waals surface area (Å²) in [5.41, 5.74) is 6.05. The number of pyridine rings is 1. The zero-order chi connectivity index (χ0) is 12.2. The molecule has 0 spiro atoms. The van der Waals surface area contributed by atoms with E-state index in [-0.39, 0.29) is 12.4 Å². The first-order chi connectivity index (χ1) is 7.49. The van der Waals surface area contributed by atoms with Gasteiger partial charge in [-0.05, 0) is 18.6 Å². The molecular weight excluding hydrogens is 208 g/mol. The number of methoxy groups -OCH3 is 2. The summed E-state index contributed by atoms with van der Waals surface area (Å²) in [4.78, 5) is 15.2. The molecule has 5 heteroatoms. The molecule has 1 aromatic rings. The molecule has 0 saturated carbocycles. The number of carbonyl (C=O) groups is 1. The zero-order valence-corrected chi connectivity index (χ0v) is 9.69. The number of hydrogen-bond acceptors (Lipinski definition) is 5. The van der Waals surface area contributed by atoms with Crippen LogP contribution in [0.4, 0.5) is 0 Å². The first-order valence-electron chi connectivity index (χ1n) is 4.86. The molecule has 0 amide bonds. The lowest BCUT2D eigenvalue weighted by molar-refractivity contribution is -0.141. The number of aromatic nitrogens is 1. The first kappa shape index (κ1) is 12.4. The van der Waals surface area contributed by atoms with Gasteiger partial charge in [0.15, 0.2) is 0 Å². The van der Waals surface area contributed by atoms with E-state index in [1.54, 1.807) is 25.3 Å². The van der Waals surface area contributed by atoms with E-state index in [0.29, 0.717) is 5.88 Å². The molecular formula is C11H16N2O3. The molecule has 0 radical (unpaired) electrons. The molecule has 0 saturated heterocycles. The lowest BCUT2D eigenvalue weighted by Gasteiger charge is -2.23. The van der Waals surface area contributed by atoms with Gasteiger partial charge in [0.25, 0.3) is 0 Å². The van der Waals surface area contributed by atoms with Crippen LogP contribution < -0.4 is 10.5 Å². The molecule has 16 heavy (non-hydrogen) atoms. The maximum absolute atomic E-state index is 11.2. The second-order valence-electron chi connectivity index (χ2n) is 3.76. The Morgan fingerprint density at radius 2 is 2.25 bits per heavy atom. The van der Waals surface area contributed by atoms with Gasteiger partial charge in [-0.3, -0.25) is 4.79 Å². The van der Waals surface area contributed by atoms with Gasteiger partial charge in [-0.2, -0.15) is 0 Å². The number of ether oxygens (including phenoxy) is 2. The molecule has 0 aliphatic carbocycles. The highest BCUT2D eigenvalue weighted by atomic mass is 16.5. The normalized spacial score (nSPS) is 14.0. The number of hydrogen-bond donors (Lipinski definition) is 1. The fraction of sp³-hybridized carbons (Fsp3) is 0.455. The summed E-state index contributed by atoms with van der Waals surface area (Å²) in [6, 6.07) is 3.47. The number of nitrogens with two attached hydrogens (primary N) is 1. The quantitative estimate of drug-likeness (QED) is 0.767. The minimum absolute atomic E-state index is 0.108. The number of rotatable bonds is 4. The lowest BCUT2D eigenvalue weighted by atomic mass is 9.90. The van der Waals surface area contributed by atoms with Crippen LogP contribution in [0.2, 0.25) is 0 Å². The van der Waals surface area contributed by atoms with E-state index >= 15 is 0 Å². The van der Waals surface area contributed by atoms with Crippen molar-refractivity contribution in [3.8, 4) is 5.88 Å². The van der Waals surface area contributed by atoms with Gasteiger partial charge in [0, 0.05) is 17.8 Å². The molecule has 88 valence electrons. The van der Waals surface area contributed by atoms with Crippen molar-refractivity contribution < 1.29 is 14.3 Å². The smallest absolute Gasteiger partial charge is 0.307 e. The first-order valence-corrected chi connectivity index (χ1v) is 4.86. The van der Waals surface area contributed by atoms with Crippen LogP contribution in [-0.4, -0.2) is 25.2 Å². The van der Waals surface area contributed by atoms with Crippen molar-refractivity contribution in [1.82, 2.24) is 4.98 Å². The average Bonchev–Trinajstić information content (AvgIpc) is 2.28. The maximum atomic E-state index is 11.2. The van der Waals surface area contributed by atoms with Crippen molar-refractivity contribution in [2.24, 2.45) is 5.73 Å². The number of nitrogens with zero attached hydrogens (tertiary/aromatic N) is 1. The third kappa shape index (κ3) is 2.93. The molecule has 0 aliphatic heterocycles. The van der Waals surface area contributed by atoms with Crippen LogP contribution >= 0.6 is 0 Å². The van der Waals surface area contributed by atoms with Gasteiger partial charge in [0.05, 0.1) is 20.6 Å². The Balaban J connectivity index is 2.92. The van der Waals surface area contributed by atoms with E-state index in [2.05, 4.69) is 9.72 Å². The third-order valence-electron chi connectivity index (χ3n) is 2.34. The van der Waals surface area contributed by atoms with Gasteiger partial charge in [-0.1, -0.05) is 0 Å². The minimum Gasteiger partial charge on any atom is -0.481 e. The molecule has 0 fully saturated rings. The average molecular weight is 224 g/mol. The van der Waals surface area contributed by atoms with E-state index in [1.807, 2.05) is 0 Å². The topological polar surface area (TPSA) is 74.4 Å². The molecule has 5 nitrogen and oxygen atoms in total. The molecule has 1 rings (SSSR count). The summed E-state index contributed by atoms with van der Waals surface area (Å²) >= 11 is 0. The van der Waals surface area contributed by atoms with Crippen LogP contribution in [0, 0.1) is 0 Å². The molecule has 0 unspecified atom stereocenters. The highest BCUT2D eigenvalue weighted by Gasteiger charge is 2.25.